The molecule has 2 aromatic heterocycles. The van der Waals surface area contributed by atoms with E-state index in [4.69, 9.17) is 4.52 Å². The van der Waals surface area contributed by atoms with Gasteiger partial charge in [0.2, 0.25) is 0 Å². The van der Waals surface area contributed by atoms with Gasteiger partial charge >= 0.3 is 0 Å². The molecule has 1 N–H and O–H groups in total. The smallest absolute Gasteiger partial charge is 0.261 e. The Balaban J connectivity index is 1.68. The van der Waals surface area contributed by atoms with E-state index in [1.165, 1.54) is 11.6 Å². The molecule has 0 spiro atoms. The second kappa shape index (κ2) is 5.46. The van der Waals surface area contributed by atoms with Crippen molar-refractivity contribution < 1.29 is 8.91 Å². The third-order valence-electron chi connectivity index (χ3n) is 4.06. The monoisotopic (exact) mass is 310 g/mol. The van der Waals surface area contributed by atoms with Gasteiger partial charge in [-0.15, -0.1) is 0 Å². The van der Waals surface area contributed by atoms with Gasteiger partial charge in [-0.2, -0.15) is 4.98 Å². The highest BCUT2D eigenvalue weighted by Crippen LogP contribution is 2.36. The fourth-order valence-corrected chi connectivity index (χ4v) is 2.99. The zero-order valence-electron chi connectivity index (χ0n) is 12.6. The summed E-state index contributed by atoms with van der Waals surface area (Å²) in [6.45, 7) is 1.77. The van der Waals surface area contributed by atoms with Crippen LogP contribution in [0.25, 0.3) is 11.5 Å². The molecule has 1 aliphatic rings. The highest BCUT2D eigenvalue weighted by molar-refractivity contribution is 5.69. The summed E-state index contributed by atoms with van der Waals surface area (Å²) in [6, 6.07) is 8.69. The average molecular weight is 310 g/mol. The fourth-order valence-electron chi connectivity index (χ4n) is 2.99. The first kappa shape index (κ1) is 13.9. The van der Waals surface area contributed by atoms with Crippen molar-refractivity contribution >= 4 is 5.82 Å². The third kappa shape index (κ3) is 2.56. The molecule has 0 saturated heterocycles. The molecule has 1 atom stereocenters. The summed E-state index contributed by atoms with van der Waals surface area (Å²) >= 11 is 0. The number of halogens is 1. The van der Waals surface area contributed by atoms with E-state index in [0.717, 1.165) is 24.0 Å². The molecule has 116 valence electrons. The fraction of sp³-hybridized carbons (Fsp3) is 0.235. The summed E-state index contributed by atoms with van der Waals surface area (Å²) in [5.74, 6) is 1.45. The molecule has 0 radical (unpaired) electrons. The third-order valence-corrected chi connectivity index (χ3v) is 4.06. The Bertz CT molecular complexity index is 861. The molecule has 4 rings (SSSR count). The standard InChI is InChI=1S/C17H15FN4O/c1-10-20-17(23-22-10)13-3-2-8-19-16(13)21-15-7-5-11-4-6-12(18)9-14(11)15/h2-4,6,8-9,15H,5,7H2,1H3,(H,19,21). The van der Waals surface area contributed by atoms with E-state index < -0.39 is 0 Å². The molecule has 3 aromatic rings. The van der Waals surface area contributed by atoms with Crippen LogP contribution in [0.1, 0.15) is 29.4 Å². The molecule has 0 amide bonds. The molecule has 23 heavy (non-hydrogen) atoms. The average Bonchev–Trinajstić information content (AvgIpc) is 3.15. The van der Waals surface area contributed by atoms with Gasteiger partial charge in [0.25, 0.3) is 5.89 Å². The van der Waals surface area contributed by atoms with Crippen molar-refractivity contribution in [3.05, 3.63) is 59.3 Å². The molecule has 5 nitrogen and oxygen atoms in total. The van der Waals surface area contributed by atoms with Gasteiger partial charge in [0.1, 0.15) is 11.6 Å². The summed E-state index contributed by atoms with van der Waals surface area (Å²) in [5, 5.41) is 7.22. The number of aromatic nitrogens is 3. The first-order chi connectivity index (χ1) is 11.2. The van der Waals surface area contributed by atoms with Crippen LogP contribution in [0, 0.1) is 12.7 Å². The minimum Gasteiger partial charge on any atom is -0.363 e. The first-order valence-corrected chi connectivity index (χ1v) is 7.51. The van der Waals surface area contributed by atoms with Gasteiger partial charge in [-0.25, -0.2) is 9.37 Å². The Labute approximate surface area is 132 Å². The number of fused-ring (bicyclic) bond motifs is 1. The Kier molecular flexibility index (Phi) is 3.29. The van der Waals surface area contributed by atoms with Crippen molar-refractivity contribution in [3.63, 3.8) is 0 Å². The molecule has 1 aliphatic carbocycles. The van der Waals surface area contributed by atoms with Crippen LogP contribution in [0.3, 0.4) is 0 Å². The van der Waals surface area contributed by atoms with Crippen molar-refractivity contribution in [2.24, 2.45) is 0 Å². The van der Waals surface area contributed by atoms with Crippen molar-refractivity contribution in [2.45, 2.75) is 25.8 Å². The molecule has 0 saturated carbocycles. The lowest BCUT2D eigenvalue weighted by atomic mass is 10.1. The first-order valence-electron chi connectivity index (χ1n) is 7.51. The summed E-state index contributed by atoms with van der Waals surface area (Å²) < 4.78 is 18.8. The van der Waals surface area contributed by atoms with Crippen LogP contribution in [0.4, 0.5) is 10.2 Å². The van der Waals surface area contributed by atoms with E-state index in [-0.39, 0.29) is 11.9 Å². The predicted molar refractivity (Wildman–Crippen MR) is 83.4 cm³/mol. The lowest BCUT2D eigenvalue weighted by Gasteiger charge is -2.16. The molecule has 1 aromatic carbocycles. The van der Waals surface area contributed by atoms with Crippen molar-refractivity contribution in [1.82, 2.24) is 15.1 Å². The molecule has 1 unspecified atom stereocenters. The molecule has 2 heterocycles. The lowest BCUT2D eigenvalue weighted by molar-refractivity contribution is 0.425. The molecule has 0 bridgehead atoms. The zero-order chi connectivity index (χ0) is 15.8. The van der Waals surface area contributed by atoms with Crippen molar-refractivity contribution in [1.29, 1.82) is 0 Å². The maximum atomic E-state index is 13.5. The number of hydrogen-bond acceptors (Lipinski definition) is 5. The molecule has 0 fully saturated rings. The van der Waals surface area contributed by atoms with Crippen LogP contribution in [0.15, 0.2) is 41.1 Å². The van der Waals surface area contributed by atoms with Crippen LogP contribution < -0.4 is 5.32 Å². The second-order valence-electron chi connectivity index (χ2n) is 5.63. The molecular formula is C17H15FN4O. The lowest BCUT2D eigenvalue weighted by Crippen LogP contribution is -2.09. The molecule has 0 aliphatic heterocycles. The van der Waals surface area contributed by atoms with Gasteiger partial charge in [-0.1, -0.05) is 11.2 Å². The number of hydrogen-bond donors (Lipinski definition) is 1. The van der Waals surface area contributed by atoms with Crippen molar-refractivity contribution in [3.8, 4) is 11.5 Å². The van der Waals surface area contributed by atoms with Crippen molar-refractivity contribution in [2.75, 3.05) is 5.32 Å². The van der Waals surface area contributed by atoms with Gasteiger partial charge in [-0.05, 0) is 55.2 Å². The van der Waals surface area contributed by atoms with Crippen LogP contribution in [0.2, 0.25) is 0 Å². The zero-order valence-corrected chi connectivity index (χ0v) is 12.6. The normalized spacial score (nSPS) is 16.3. The van der Waals surface area contributed by atoms with Gasteiger partial charge in [0, 0.05) is 6.20 Å². The van der Waals surface area contributed by atoms with Crippen LogP contribution in [-0.2, 0) is 6.42 Å². The Hall–Kier alpha value is -2.76. The topological polar surface area (TPSA) is 63.8 Å². The Morgan fingerprint density at radius 3 is 3.04 bits per heavy atom. The summed E-state index contributed by atoms with van der Waals surface area (Å²) in [7, 11) is 0. The Morgan fingerprint density at radius 1 is 1.30 bits per heavy atom. The number of aryl methyl sites for hydroxylation is 2. The second-order valence-corrected chi connectivity index (χ2v) is 5.63. The van der Waals surface area contributed by atoms with E-state index in [1.54, 1.807) is 19.2 Å². The van der Waals surface area contributed by atoms with E-state index in [9.17, 15) is 4.39 Å². The number of benzene rings is 1. The van der Waals surface area contributed by atoms with E-state index >= 15 is 0 Å². The predicted octanol–water partition coefficient (Wildman–Crippen LogP) is 3.68. The number of nitrogens with one attached hydrogen (secondary N) is 1. The quantitative estimate of drug-likeness (QED) is 0.799. The van der Waals surface area contributed by atoms with Crippen LogP contribution in [-0.4, -0.2) is 15.1 Å². The minimum absolute atomic E-state index is 0.0263. The van der Waals surface area contributed by atoms with Gasteiger partial charge in [0.15, 0.2) is 5.82 Å². The van der Waals surface area contributed by atoms with Crippen LogP contribution >= 0.6 is 0 Å². The maximum Gasteiger partial charge on any atom is 0.261 e. The van der Waals surface area contributed by atoms with Crippen LogP contribution in [0.5, 0.6) is 0 Å². The highest BCUT2D eigenvalue weighted by Gasteiger charge is 2.24. The van der Waals surface area contributed by atoms with E-state index in [0.29, 0.717) is 17.5 Å². The maximum absolute atomic E-state index is 13.5. The summed E-state index contributed by atoms with van der Waals surface area (Å²) in [4.78, 5) is 8.65. The largest absolute Gasteiger partial charge is 0.363 e. The number of nitrogens with zero attached hydrogens (tertiary/aromatic N) is 3. The number of pyridine rings is 1. The SMILES string of the molecule is Cc1noc(-c2cccnc2NC2CCc3ccc(F)cc32)n1. The van der Waals surface area contributed by atoms with Gasteiger partial charge in [-0.3, -0.25) is 0 Å². The minimum atomic E-state index is -0.216. The highest BCUT2D eigenvalue weighted by atomic mass is 19.1. The Morgan fingerprint density at radius 2 is 2.22 bits per heavy atom. The number of anilines is 1. The summed E-state index contributed by atoms with van der Waals surface area (Å²) in [5.41, 5.74) is 2.91. The van der Waals surface area contributed by atoms with Gasteiger partial charge in [0.05, 0.1) is 11.6 Å². The molecule has 6 heteroatoms. The van der Waals surface area contributed by atoms with E-state index in [1.807, 2.05) is 18.2 Å². The van der Waals surface area contributed by atoms with E-state index in [2.05, 4.69) is 20.4 Å². The molecular weight excluding hydrogens is 295 g/mol. The van der Waals surface area contributed by atoms with Gasteiger partial charge < -0.3 is 9.84 Å². The number of rotatable bonds is 3. The summed E-state index contributed by atoms with van der Waals surface area (Å²) in [6.07, 6.45) is 3.53.